The Bertz CT molecular complexity index is 1620. The Morgan fingerprint density at radius 1 is 0.929 bits per heavy atom. The Balaban J connectivity index is 1.12. The molecule has 2 aliphatic heterocycles. The fourth-order valence-corrected chi connectivity index (χ4v) is 6.48. The molecule has 2 aromatic carbocycles. The minimum atomic E-state index is -3.42. The minimum Gasteiger partial charge on any atom is -0.372 e. The topological polar surface area (TPSA) is 89.3 Å². The van der Waals surface area contributed by atoms with Crippen molar-refractivity contribution in [3.63, 3.8) is 0 Å². The molecule has 0 atom stereocenters. The van der Waals surface area contributed by atoms with E-state index in [0.29, 0.717) is 11.6 Å². The molecule has 4 aromatic rings. The van der Waals surface area contributed by atoms with Crippen molar-refractivity contribution in [3.8, 4) is 11.3 Å². The molecule has 10 nitrogen and oxygen atoms in total. The van der Waals surface area contributed by atoms with Gasteiger partial charge in [-0.1, -0.05) is 18.2 Å². The number of fused-ring (bicyclic) bond motifs is 1. The van der Waals surface area contributed by atoms with Crippen LogP contribution < -0.4 is 14.5 Å². The molecule has 2 fully saturated rings. The molecule has 2 aromatic heterocycles. The van der Waals surface area contributed by atoms with E-state index in [9.17, 15) is 8.42 Å². The standard InChI is InChI=1S/C31H40N8O2S/c1-35-18-20-37(21-19-35)23-24-14-16-38(17-15-24)26-10-8-25(9-11-26)33-31-32-22-27-12-13-30(39(27)34-31)28-6-4-5-7-29(28)36(2)42(3,40)41/h4-13,22,24H,14-21,23H2,1-3H3,(H,33,34). The van der Waals surface area contributed by atoms with Gasteiger partial charge in [-0.3, -0.25) is 4.31 Å². The van der Waals surface area contributed by atoms with Crippen LogP contribution in [0.5, 0.6) is 0 Å². The number of piperazine rings is 1. The molecule has 4 heterocycles. The lowest BCUT2D eigenvalue weighted by atomic mass is 9.95. The minimum absolute atomic E-state index is 0.464. The number of hydrogen-bond acceptors (Lipinski definition) is 8. The highest BCUT2D eigenvalue weighted by Gasteiger charge is 2.23. The fraction of sp³-hybridized carbons (Fsp3) is 0.419. The van der Waals surface area contributed by atoms with Crippen molar-refractivity contribution < 1.29 is 8.42 Å². The first-order valence-electron chi connectivity index (χ1n) is 14.7. The van der Waals surface area contributed by atoms with Crippen molar-refractivity contribution in [2.75, 3.05) is 80.7 Å². The number of nitrogens with one attached hydrogen (secondary N) is 1. The molecule has 2 saturated heterocycles. The van der Waals surface area contributed by atoms with E-state index in [4.69, 9.17) is 5.10 Å². The zero-order valence-electron chi connectivity index (χ0n) is 24.6. The van der Waals surface area contributed by atoms with E-state index in [1.54, 1.807) is 23.8 Å². The lowest BCUT2D eigenvalue weighted by Crippen LogP contribution is -2.47. The number of aromatic nitrogens is 3. The van der Waals surface area contributed by atoms with E-state index in [1.807, 2.05) is 30.3 Å². The van der Waals surface area contributed by atoms with Gasteiger partial charge >= 0.3 is 0 Å². The molecule has 0 bridgehead atoms. The van der Waals surface area contributed by atoms with Crippen LogP contribution in [0.4, 0.5) is 23.0 Å². The van der Waals surface area contributed by atoms with Crippen molar-refractivity contribution in [1.82, 2.24) is 24.4 Å². The molecule has 0 unspecified atom stereocenters. The van der Waals surface area contributed by atoms with Crippen LogP contribution in [0, 0.1) is 5.92 Å². The largest absolute Gasteiger partial charge is 0.372 e. The van der Waals surface area contributed by atoms with E-state index in [1.165, 1.54) is 61.8 Å². The highest BCUT2D eigenvalue weighted by Crippen LogP contribution is 2.32. The van der Waals surface area contributed by atoms with Crippen LogP contribution >= 0.6 is 0 Å². The molecule has 6 rings (SSSR count). The molecule has 0 amide bonds. The Kier molecular flexibility index (Phi) is 8.06. The fourth-order valence-electron chi connectivity index (χ4n) is 5.96. The SMILES string of the molecule is CN1CCN(CC2CCN(c3ccc(Nc4ncc5ccc(-c6ccccc6N(C)S(C)(=O)=O)n5n4)cc3)CC2)CC1. The van der Waals surface area contributed by atoms with E-state index >= 15 is 0 Å². The zero-order chi connectivity index (χ0) is 29.3. The van der Waals surface area contributed by atoms with Gasteiger partial charge in [0, 0.05) is 69.8 Å². The third-order valence-electron chi connectivity index (χ3n) is 8.63. The average Bonchev–Trinajstić information content (AvgIpc) is 3.41. The molecular formula is C31H40N8O2S. The maximum absolute atomic E-state index is 12.3. The number of anilines is 4. The highest BCUT2D eigenvalue weighted by atomic mass is 32.2. The number of sulfonamides is 1. The highest BCUT2D eigenvalue weighted by molar-refractivity contribution is 7.92. The number of para-hydroxylation sites is 1. The monoisotopic (exact) mass is 588 g/mol. The van der Waals surface area contributed by atoms with E-state index < -0.39 is 10.0 Å². The normalized spacial score (nSPS) is 17.5. The molecular weight excluding hydrogens is 548 g/mol. The molecule has 2 aliphatic rings. The van der Waals surface area contributed by atoms with Crippen molar-refractivity contribution in [3.05, 3.63) is 66.9 Å². The van der Waals surface area contributed by atoms with E-state index in [-0.39, 0.29) is 0 Å². The maximum Gasteiger partial charge on any atom is 0.245 e. The Morgan fingerprint density at radius 3 is 2.36 bits per heavy atom. The summed E-state index contributed by atoms with van der Waals surface area (Å²) in [6, 6.07) is 19.8. The van der Waals surface area contributed by atoms with Crippen LogP contribution in [0.2, 0.25) is 0 Å². The molecule has 11 heteroatoms. The first kappa shape index (κ1) is 28.4. The average molecular weight is 589 g/mol. The maximum atomic E-state index is 12.3. The van der Waals surface area contributed by atoms with Gasteiger partial charge in [-0.05, 0) is 68.3 Å². The molecule has 0 saturated carbocycles. The summed E-state index contributed by atoms with van der Waals surface area (Å²) >= 11 is 0. The predicted octanol–water partition coefficient (Wildman–Crippen LogP) is 4.00. The Hall–Kier alpha value is -3.67. The van der Waals surface area contributed by atoms with E-state index in [2.05, 4.69) is 56.3 Å². The summed E-state index contributed by atoms with van der Waals surface area (Å²) in [5, 5.41) is 8.09. The molecule has 222 valence electrons. The second-order valence-electron chi connectivity index (χ2n) is 11.6. The van der Waals surface area contributed by atoms with Gasteiger partial charge in [0.2, 0.25) is 16.0 Å². The number of hydrogen-bond donors (Lipinski definition) is 1. The number of nitrogens with zero attached hydrogens (tertiary/aromatic N) is 7. The van der Waals surface area contributed by atoms with E-state index in [0.717, 1.165) is 41.5 Å². The van der Waals surface area contributed by atoms with Gasteiger partial charge in [-0.2, -0.15) is 0 Å². The first-order chi connectivity index (χ1) is 20.2. The van der Waals surface area contributed by atoms with Crippen LogP contribution in [0.3, 0.4) is 0 Å². The quantitative estimate of drug-likeness (QED) is 0.331. The lowest BCUT2D eigenvalue weighted by molar-refractivity contribution is 0.129. The van der Waals surface area contributed by atoms with Gasteiger partial charge < -0.3 is 20.0 Å². The molecule has 0 spiro atoms. The van der Waals surface area contributed by atoms with Gasteiger partial charge in [0.1, 0.15) is 0 Å². The summed E-state index contributed by atoms with van der Waals surface area (Å²) in [4.78, 5) is 12.1. The third-order valence-corrected chi connectivity index (χ3v) is 9.82. The number of likely N-dealkylation sites (N-methyl/N-ethyl adjacent to an activating group) is 1. The van der Waals surface area contributed by atoms with Crippen LogP contribution in [-0.2, 0) is 10.0 Å². The summed E-state index contributed by atoms with van der Waals surface area (Å²) in [6.45, 7) is 8.18. The Morgan fingerprint density at radius 2 is 1.64 bits per heavy atom. The summed E-state index contributed by atoms with van der Waals surface area (Å²) < 4.78 is 27.6. The second kappa shape index (κ2) is 11.9. The smallest absolute Gasteiger partial charge is 0.245 e. The summed E-state index contributed by atoms with van der Waals surface area (Å²) in [5.41, 5.74) is 5.12. The number of rotatable bonds is 8. The van der Waals surface area contributed by atoms with Crippen LogP contribution in [0.25, 0.3) is 16.8 Å². The van der Waals surface area contributed by atoms with Gasteiger partial charge in [0.15, 0.2) is 0 Å². The zero-order valence-corrected chi connectivity index (χ0v) is 25.5. The van der Waals surface area contributed by atoms with Crippen LogP contribution in [-0.4, -0.2) is 99.0 Å². The van der Waals surface area contributed by atoms with Crippen molar-refractivity contribution in [2.45, 2.75) is 12.8 Å². The molecule has 42 heavy (non-hydrogen) atoms. The van der Waals surface area contributed by atoms with Gasteiger partial charge in [-0.15, -0.1) is 5.10 Å². The summed E-state index contributed by atoms with van der Waals surface area (Å²) in [7, 11) is 0.354. The van der Waals surface area contributed by atoms with Crippen molar-refractivity contribution in [2.24, 2.45) is 5.92 Å². The molecule has 1 N–H and O–H groups in total. The van der Waals surface area contributed by atoms with Gasteiger partial charge in [-0.25, -0.2) is 17.9 Å². The van der Waals surface area contributed by atoms with Crippen molar-refractivity contribution in [1.29, 1.82) is 0 Å². The summed E-state index contributed by atoms with van der Waals surface area (Å²) in [5.74, 6) is 1.25. The second-order valence-corrected chi connectivity index (χ2v) is 13.6. The van der Waals surface area contributed by atoms with Gasteiger partial charge in [0.25, 0.3) is 0 Å². The molecule has 0 radical (unpaired) electrons. The lowest BCUT2D eigenvalue weighted by Gasteiger charge is -2.38. The number of benzene rings is 2. The van der Waals surface area contributed by atoms with Crippen LogP contribution in [0.1, 0.15) is 12.8 Å². The van der Waals surface area contributed by atoms with Gasteiger partial charge in [0.05, 0.1) is 29.4 Å². The third kappa shape index (κ3) is 6.23. The first-order valence-corrected chi connectivity index (χ1v) is 16.5. The predicted molar refractivity (Wildman–Crippen MR) is 170 cm³/mol. The number of piperidine rings is 1. The summed E-state index contributed by atoms with van der Waals surface area (Å²) in [6.07, 6.45) is 5.44. The molecule has 0 aliphatic carbocycles. The van der Waals surface area contributed by atoms with Crippen LogP contribution in [0.15, 0.2) is 66.9 Å². The Labute approximate surface area is 248 Å². The van der Waals surface area contributed by atoms with Crippen molar-refractivity contribution >= 4 is 38.6 Å².